The van der Waals surface area contributed by atoms with Gasteiger partial charge in [-0.05, 0) is 24.6 Å². The molecule has 1 aliphatic rings. The van der Waals surface area contributed by atoms with Gasteiger partial charge < -0.3 is 10.6 Å². The van der Waals surface area contributed by atoms with Crippen molar-refractivity contribution in [1.29, 1.82) is 0 Å². The highest BCUT2D eigenvalue weighted by molar-refractivity contribution is 6.04. The molecule has 1 atom stereocenters. The Morgan fingerprint density at radius 2 is 1.93 bits per heavy atom. The molecule has 142 valence electrons. The van der Waals surface area contributed by atoms with E-state index in [1.54, 1.807) is 6.20 Å². The minimum atomic E-state index is -1.06. The van der Waals surface area contributed by atoms with Crippen LogP contribution in [0.3, 0.4) is 0 Å². The van der Waals surface area contributed by atoms with E-state index < -0.39 is 23.6 Å². The van der Waals surface area contributed by atoms with Crippen molar-refractivity contribution in [2.24, 2.45) is 0 Å². The van der Waals surface area contributed by atoms with Crippen LogP contribution in [0.1, 0.15) is 18.0 Å². The average Bonchev–Trinajstić information content (AvgIpc) is 3.19. The van der Waals surface area contributed by atoms with Crippen molar-refractivity contribution in [3.8, 4) is 11.1 Å². The van der Waals surface area contributed by atoms with E-state index in [1.165, 1.54) is 10.7 Å². The van der Waals surface area contributed by atoms with E-state index >= 15 is 0 Å². The van der Waals surface area contributed by atoms with Crippen molar-refractivity contribution in [3.05, 3.63) is 65.9 Å². The minimum absolute atomic E-state index is 0.114. The molecule has 3 aromatic rings. The first-order chi connectivity index (χ1) is 13.4. The maximum Gasteiger partial charge on any atom is 0.251 e. The van der Waals surface area contributed by atoms with E-state index in [9.17, 15) is 18.4 Å². The number of hydrogen-bond acceptors (Lipinski definition) is 3. The van der Waals surface area contributed by atoms with E-state index in [0.29, 0.717) is 5.82 Å². The molecule has 2 aromatic carbocycles. The lowest BCUT2D eigenvalue weighted by Gasteiger charge is -2.10. The molecule has 8 heteroatoms. The molecule has 0 aliphatic carbocycles. The van der Waals surface area contributed by atoms with Gasteiger partial charge in [-0.15, -0.1) is 0 Å². The van der Waals surface area contributed by atoms with Gasteiger partial charge in [0.25, 0.3) is 5.91 Å². The summed E-state index contributed by atoms with van der Waals surface area (Å²) >= 11 is 0. The second-order valence-electron chi connectivity index (χ2n) is 6.60. The van der Waals surface area contributed by atoms with Crippen LogP contribution in [0.5, 0.6) is 0 Å². The van der Waals surface area contributed by atoms with Crippen LogP contribution in [-0.4, -0.2) is 21.6 Å². The second-order valence-corrected chi connectivity index (χ2v) is 6.60. The molecule has 2 heterocycles. The molecule has 4 rings (SSSR count). The van der Waals surface area contributed by atoms with Gasteiger partial charge in [0.05, 0.1) is 12.6 Å². The third-order valence-electron chi connectivity index (χ3n) is 4.58. The topological polar surface area (TPSA) is 76.0 Å². The fraction of sp³-hybridized carbons (Fsp3) is 0.150. The molecule has 1 aromatic heterocycles. The van der Waals surface area contributed by atoms with Gasteiger partial charge >= 0.3 is 0 Å². The summed E-state index contributed by atoms with van der Waals surface area (Å²) in [4.78, 5) is 24.6. The molecule has 28 heavy (non-hydrogen) atoms. The van der Waals surface area contributed by atoms with Gasteiger partial charge in [0.1, 0.15) is 11.9 Å². The number of rotatable bonds is 4. The number of benzene rings is 2. The van der Waals surface area contributed by atoms with Crippen molar-refractivity contribution < 1.29 is 18.4 Å². The Balaban J connectivity index is 1.52. The fourth-order valence-electron chi connectivity index (χ4n) is 3.12. The van der Waals surface area contributed by atoms with Crippen molar-refractivity contribution in [2.75, 3.05) is 10.6 Å². The van der Waals surface area contributed by atoms with E-state index in [4.69, 9.17) is 0 Å². The summed E-state index contributed by atoms with van der Waals surface area (Å²) in [5.74, 6) is -2.39. The first-order valence-corrected chi connectivity index (χ1v) is 8.62. The minimum Gasteiger partial charge on any atom is -0.326 e. The standard InChI is InChI=1S/C20H16F2N4O2/c1-11-2-4-12(5-3-11)14-10-23-26-17(20(28)25-19(14)26)9-18(27)24-13-6-7-15(21)16(22)8-13/h2-8,10,17H,9H2,1H3,(H,24,27)(H,25,28). The molecule has 0 fully saturated rings. The number of hydrogen-bond donors (Lipinski definition) is 2. The maximum atomic E-state index is 13.3. The van der Waals surface area contributed by atoms with Crippen molar-refractivity contribution in [1.82, 2.24) is 9.78 Å². The third-order valence-corrected chi connectivity index (χ3v) is 4.58. The highest BCUT2D eigenvalue weighted by Gasteiger charge is 2.35. The number of carbonyl (C=O) groups is 2. The normalized spacial score (nSPS) is 15.2. The zero-order valence-corrected chi connectivity index (χ0v) is 14.9. The number of amides is 2. The zero-order chi connectivity index (χ0) is 19.8. The van der Waals surface area contributed by atoms with Gasteiger partial charge in [-0.25, -0.2) is 13.5 Å². The van der Waals surface area contributed by atoms with Crippen LogP contribution in [0.4, 0.5) is 20.3 Å². The maximum absolute atomic E-state index is 13.3. The summed E-state index contributed by atoms with van der Waals surface area (Å²) in [6.45, 7) is 1.98. The number of nitrogens with one attached hydrogen (secondary N) is 2. The molecule has 6 nitrogen and oxygen atoms in total. The number of nitrogens with zero attached hydrogens (tertiary/aromatic N) is 2. The Morgan fingerprint density at radius 1 is 1.18 bits per heavy atom. The number of carbonyl (C=O) groups excluding carboxylic acids is 2. The van der Waals surface area contributed by atoms with Crippen LogP contribution in [0.25, 0.3) is 11.1 Å². The van der Waals surface area contributed by atoms with Crippen molar-refractivity contribution in [2.45, 2.75) is 19.4 Å². The predicted molar refractivity (Wildman–Crippen MR) is 99.7 cm³/mol. The zero-order valence-electron chi connectivity index (χ0n) is 14.9. The molecular formula is C20H16F2N4O2. The molecule has 0 spiro atoms. The molecule has 2 amide bonds. The number of halogens is 2. The Bertz CT molecular complexity index is 1080. The fourth-order valence-corrected chi connectivity index (χ4v) is 3.12. The van der Waals surface area contributed by atoms with E-state index in [-0.39, 0.29) is 18.0 Å². The summed E-state index contributed by atoms with van der Waals surface area (Å²) in [6.07, 6.45) is 1.45. The van der Waals surface area contributed by atoms with Crippen LogP contribution in [-0.2, 0) is 9.59 Å². The summed E-state index contributed by atoms with van der Waals surface area (Å²) in [7, 11) is 0. The Kier molecular flexibility index (Phi) is 4.38. The van der Waals surface area contributed by atoms with Gasteiger partial charge in [-0.3, -0.25) is 9.59 Å². The number of fused-ring (bicyclic) bond motifs is 1. The summed E-state index contributed by atoms with van der Waals surface area (Å²) in [5, 5.41) is 9.49. The van der Waals surface area contributed by atoms with Gasteiger partial charge in [0, 0.05) is 17.3 Å². The van der Waals surface area contributed by atoms with Crippen LogP contribution in [0.15, 0.2) is 48.7 Å². The monoisotopic (exact) mass is 382 g/mol. The van der Waals surface area contributed by atoms with Crippen molar-refractivity contribution >= 4 is 23.3 Å². The van der Waals surface area contributed by atoms with E-state index in [2.05, 4.69) is 15.7 Å². The Morgan fingerprint density at radius 3 is 2.64 bits per heavy atom. The van der Waals surface area contributed by atoms with E-state index in [0.717, 1.165) is 28.8 Å². The number of aryl methyl sites for hydroxylation is 1. The Hall–Kier alpha value is -3.55. The molecule has 0 bridgehead atoms. The molecule has 0 saturated carbocycles. The average molecular weight is 382 g/mol. The first-order valence-electron chi connectivity index (χ1n) is 8.62. The molecule has 1 unspecified atom stereocenters. The SMILES string of the molecule is Cc1ccc(-c2cnn3c2NC(=O)C3CC(=O)Nc2ccc(F)c(F)c2)cc1. The van der Waals surface area contributed by atoms with Gasteiger partial charge in [-0.2, -0.15) is 5.10 Å². The van der Waals surface area contributed by atoms with Gasteiger partial charge in [0.2, 0.25) is 5.91 Å². The second kappa shape index (κ2) is 6.88. The largest absolute Gasteiger partial charge is 0.326 e. The third kappa shape index (κ3) is 3.24. The van der Waals surface area contributed by atoms with Crippen molar-refractivity contribution in [3.63, 3.8) is 0 Å². The lowest BCUT2D eigenvalue weighted by Crippen LogP contribution is -2.23. The summed E-state index contributed by atoms with van der Waals surface area (Å²) < 4.78 is 27.7. The highest BCUT2D eigenvalue weighted by Crippen LogP contribution is 2.35. The lowest BCUT2D eigenvalue weighted by molar-refractivity contribution is -0.123. The predicted octanol–water partition coefficient (Wildman–Crippen LogP) is 3.66. The first kappa shape index (κ1) is 17.8. The van der Waals surface area contributed by atoms with Gasteiger partial charge in [0.15, 0.2) is 11.6 Å². The number of anilines is 2. The smallest absolute Gasteiger partial charge is 0.251 e. The highest BCUT2D eigenvalue weighted by atomic mass is 19.2. The lowest BCUT2D eigenvalue weighted by atomic mass is 10.1. The van der Waals surface area contributed by atoms with E-state index in [1.807, 2.05) is 31.2 Å². The summed E-state index contributed by atoms with van der Waals surface area (Å²) in [6, 6.07) is 10.0. The molecular weight excluding hydrogens is 366 g/mol. The molecule has 0 radical (unpaired) electrons. The summed E-state index contributed by atoms with van der Waals surface area (Å²) in [5.41, 5.74) is 2.89. The molecule has 1 aliphatic heterocycles. The molecule has 0 saturated heterocycles. The van der Waals surface area contributed by atoms with Crippen LogP contribution < -0.4 is 10.6 Å². The Labute approximate surface area is 159 Å². The van der Waals surface area contributed by atoms with Gasteiger partial charge in [-0.1, -0.05) is 29.8 Å². The van der Waals surface area contributed by atoms with Crippen LogP contribution >= 0.6 is 0 Å². The quantitative estimate of drug-likeness (QED) is 0.723. The van der Waals surface area contributed by atoms with Crippen LogP contribution in [0, 0.1) is 18.6 Å². The van der Waals surface area contributed by atoms with Crippen LogP contribution in [0.2, 0.25) is 0 Å². The molecule has 2 N–H and O–H groups in total. The number of aromatic nitrogens is 2.